The fourth-order valence-electron chi connectivity index (χ4n) is 3.34. The number of hydrogen-bond donors (Lipinski definition) is 1. The van der Waals surface area contributed by atoms with Gasteiger partial charge in [0.25, 0.3) is 0 Å². The quantitative estimate of drug-likeness (QED) is 0.898. The maximum absolute atomic E-state index is 14.0. The van der Waals surface area contributed by atoms with E-state index in [1.165, 1.54) is 6.07 Å². The Kier molecular flexibility index (Phi) is 5.21. The van der Waals surface area contributed by atoms with Crippen molar-refractivity contribution in [2.45, 2.75) is 45.4 Å². The van der Waals surface area contributed by atoms with E-state index in [-0.39, 0.29) is 24.1 Å². The fourth-order valence-corrected chi connectivity index (χ4v) is 3.68. The predicted octanol–water partition coefficient (Wildman–Crippen LogP) is 3.78. The summed E-state index contributed by atoms with van der Waals surface area (Å²) in [6.45, 7) is 6.46. The van der Waals surface area contributed by atoms with Crippen molar-refractivity contribution in [3.8, 4) is 0 Å². The molecular formula is C16H23BrFNO. The summed E-state index contributed by atoms with van der Waals surface area (Å²) < 4.78 is 20.7. The molecule has 1 fully saturated rings. The molecule has 1 saturated heterocycles. The van der Waals surface area contributed by atoms with Gasteiger partial charge in [-0.1, -0.05) is 28.9 Å². The van der Waals surface area contributed by atoms with Crippen LogP contribution in [-0.2, 0) is 11.2 Å². The van der Waals surface area contributed by atoms with E-state index in [9.17, 15) is 4.39 Å². The largest absolute Gasteiger partial charge is 0.375 e. The van der Waals surface area contributed by atoms with Gasteiger partial charge in [0.15, 0.2) is 0 Å². The summed E-state index contributed by atoms with van der Waals surface area (Å²) in [5, 5.41) is 3.36. The van der Waals surface area contributed by atoms with Crippen LogP contribution in [0.4, 0.5) is 4.39 Å². The van der Waals surface area contributed by atoms with Crippen LogP contribution in [0.5, 0.6) is 0 Å². The molecule has 5 unspecified atom stereocenters. The number of rotatable bonds is 4. The van der Waals surface area contributed by atoms with Crippen LogP contribution in [0.15, 0.2) is 22.7 Å². The average molecular weight is 344 g/mol. The van der Waals surface area contributed by atoms with E-state index in [0.717, 1.165) is 10.0 Å². The van der Waals surface area contributed by atoms with Gasteiger partial charge in [0.2, 0.25) is 0 Å². The van der Waals surface area contributed by atoms with Gasteiger partial charge in [0.1, 0.15) is 5.82 Å². The van der Waals surface area contributed by atoms with Crippen molar-refractivity contribution in [1.29, 1.82) is 0 Å². The average Bonchev–Trinajstić information content (AvgIpc) is 2.63. The fraction of sp³-hybridized carbons (Fsp3) is 0.625. The second kappa shape index (κ2) is 6.54. The van der Waals surface area contributed by atoms with E-state index in [1.807, 2.05) is 19.2 Å². The molecule has 1 aromatic rings. The van der Waals surface area contributed by atoms with Crippen LogP contribution in [-0.4, -0.2) is 25.3 Å². The smallest absolute Gasteiger partial charge is 0.127 e. The van der Waals surface area contributed by atoms with E-state index < -0.39 is 0 Å². The topological polar surface area (TPSA) is 21.3 Å². The van der Waals surface area contributed by atoms with Crippen molar-refractivity contribution in [1.82, 2.24) is 5.32 Å². The molecule has 2 rings (SSSR count). The molecule has 20 heavy (non-hydrogen) atoms. The first kappa shape index (κ1) is 15.9. The monoisotopic (exact) mass is 343 g/mol. The molecule has 0 saturated carbocycles. The van der Waals surface area contributed by atoms with Crippen LogP contribution in [0.25, 0.3) is 0 Å². The number of hydrogen-bond acceptors (Lipinski definition) is 2. The van der Waals surface area contributed by atoms with E-state index in [2.05, 4.69) is 42.0 Å². The number of nitrogens with one attached hydrogen (secondary N) is 1. The molecule has 1 aliphatic rings. The van der Waals surface area contributed by atoms with E-state index >= 15 is 0 Å². The standard InChI is InChI=1S/C16H23BrFNO/c1-9-10(2)20-11(3)16(9)15(19-4)7-12-5-6-13(17)8-14(12)18/h5-6,8-11,15-16,19H,7H2,1-4H3. The minimum Gasteiger partial charge on any atom is -0.375 e. The lowest BCUT2D eigenvalue weighted by Gasteiger charge is -2.29. The van der Waals surface area contributed by atoms with Crippen molar-refractivity contribution < 1.29 is 9.13 Å². The molecule has 1 aliphatic heterocycles. The Labute approximate surface area is 129 Å². The van der Waals surface area contributed by atoms with Gasteiger partial charge >= 0.3 is 0 Å². The highest BCUT2D eigenvalue weighted by Crippen LogP contribution is 2.35. The van der Waals surface area contributed by atoms with Crippen LogP contribution in [0.1, 0.15) is 26.3 Å². The molecule has 1 heterocycles. The SMILES string of the molecule is CNC(Cc1ccc(Br)cc1F)C1C(C)OC(C)C1C. The summed E-state index contributed by atoms with van der Waals surface area (Å²) >= 11 is 3.30. The highest BCUT2D eigenvalue weighted by Gasteiger charge is 2.41. The van der Waals surface area contributed by atoms with Crippen molar-refractivity contribution >= 4 is 15.9 Å². The van der Waals surface area contributed by atoms with Crippen molar-refractivity contribution in [2.24, 2.45) is 11.8 Å². The Morgan fingerprint density at radius 2 is 2.00 bits per heavy atom. The molecule has 0 amide bonds. The zero-order valence-corrected chi connectivity index (χ0v) is 14.1. The van der Waals surface area contributed by atoms with Gasteiger partial charge < -0.3 is 10.1 Å². The van der Waals surface area contributed by atoms with Crippen molar-refractivity contribution in [3.05, 3.63) is 34.1 Å². The van der Waals surface area contributed by atoms with Gasteiger partial charge in [0, 0.05) is 16.4 Å². The summed E-state index contributed by atoms with van der Waals surface area (Å²) in [6.07, 6.45) is 1.15. The molecule has 5 atom stereocenters. The molecule has 0 aliphatic carbocycles. The first-order valence-corrected chi connectivity index (χ1v) is 8.00. The zero-order valence-electron chi connectivity index (χ0n) is 12.5. The first-order valence-electron chi connectivity index (χ1n) is 7.20. The lowest BCUT2D eigenvalue weighted by molar-refractivity contribution is 0.0478. The molecule has 2 nitrogen and oxygen atoms in total. The summed E-state index contributed by atoms with van der Waals surface area (Å²) in [5.74, 6) is 0.728. The van der Waals surface area contributed by atoms with Gasteiger partial charge in [-0.3, -0.25) is 0 Å². The van der Waals surface area contributed by atoms with Crippen LogP contribution in [0, 0.1) is 17.7 Å². The minimum absolute atomic E-state index is 0.146. The third-order valence-corrected chi connectivity index (χ3v) is 5.10. The Hall–Kier alpha value is -0.450. The van der Waals surface area contributed by atoms with Crippen LogP contribution in [0.3, 0.4) is 0 Å². The maximum atomic E-state index is 14.0. The second-order valence-corrected chi connectivity index (χ2v) is 6.73. The number of benzene rings is 1. The lowest BCUT2D eigenvalue weighted by atomic mass is 9.81. The van der Waals surface area contributed by atoms with Crippen LogP contribution >= 0.6 is 15.9 Å². The Morgan fingerprint density at radius 1 is 1.30 bits per heavy atom. The highest BCUT2D eigenvalue weighted by molar-refractivity contribution is 9.10. The first-order chi connectivity index (χ1) is 9.43. The van der Waals surface area contributed by atoms with E-state index in [4.69, 9.17) is 4.74 Å². The van der Waals surface area contributed by atoms with Gasteiger partial charge in [-0.05, 0) is 50.9 Å². The molecule has 0 aromatic heterocycles. The van der Waals surface area contributed by atoms with Gasteiger partial charge in [-0.15, -0.1) is 0 Å². The van der Waals surface area contributed by atoms with Crippen LogP contribution in [0.2, 0.25) is 0 Å². The van der Waals surface area contributed by atoms with E-state index in [0.29, 0.717) is 18.3 Å². The highest BCUT2D eigenvalue weighted by atomic mass is 79.9. The third kappa shape index (κ3) is 3.23. The predicted molar refractivity (Wildman–Crippen MR) is 83.3 cm³/mol. The normalized spacial score (nSPS) is 31.5. The Morgan fingerprint density at radius 3 is 2.50 bits per heavy atom. The number of likely N-dealkylation sites (N-methyl/N-ethyl adjacent to an activating group) is 1. The second-order valence-electron chi connectivity index (χ2n) is 5.82. The lowest BCUT2D eigenvalue weighted by Crippen LogP contribution is -2.41. The minimum atomic E-state index is -0.146. The maximum Gasteiger partial charge on any atom is 0.127 e. The Balaban J connectivity index is 2.16. The molecule has 112 valence electrons. The van der Waals surface area contributed by atoms with Gasteiger partial charge in [-0.25, -0.2) is 4.39 Å². The molecule has 1 aromatic carbocycles. The Bertz CT molecular complexity index is 468. The van der Waals surface area contributed by atoms with Crippen LogP contribution < -0.4 is 5.32 Å². The summed E-state index contributed by atoms with van der Waals surface area (Å²) in [6, 6.07) is 5.51. The van der Waals surface area contributed by atoms with Crippen molar-refractivity contribution in [3.63, 3.8) is 0 Å². The van der Waals surface area contributed by atoms with Gasteiger partial charge in [-0.2, -0.15) is 0 Å². The summed E-state index contributed by atoms with van der Waals surface area (Å²) in [4.78, 5) is 0. The van der Waals surface area contributed by atoms with Crippen molar-refractivity contribution in [2.75, 3.05) is 7.05 Å². The molecular weight excluding hydrogens is 321 g/mol. The number of ether oxygens (including phenoxy) is 1. The summed E-state index contributed by atoms with van der Waals surface area (Å²) in [5.41, 5.74) is 0.756. The molecule has 4 heteroatoms. The third-order valence-electron chi connectivity index (χ3n) is 4.61. The number of halogens is 2. The van der Waals surface area contributed by atoms with Gasteiger partial charge in [0.05, 0.1) is 12.2 Å². The van der Waals surface area contributed by atoms with E-state index in [1.54, 1.807) is 0 Å². The summed E-state index contributed by atoms with van der Waals surface area (Å²) in [7, 11) is 1.95. The molecule has 1 N–H and O–H groups in total. The molecule has 0 radical (unpaired) electrons. The molecule has 0 bridgehead atoms. The molecule has 0 spiro atoms. The zero-order chi connectivity index (χ0) is 14.9.